The lowest BCUT2D eigenvalue weighted by Gasteiger charge is -2.19. The van der Waals surface area contributed by atoms with Gasteiger partial charge in [-0.1, -0.05) is 12.1 Å². The van der Waals surface area contributed by atoms with Crippen molar-refractivity contribution in [2.24, 2.45) is 5.92 Å². The highest BCUT2D eigenvalue weighted by Gasteiger charge is 2.36. The molecule has 1 aromatic heterocycles. The minimum atomic E-state index is -0.402. The van der Waals surface area contributed by atoms with E-state index in [1.165, 1.54) is 0 Å². The van der Waals surface area contributed by atoms with Crippen molar-refractivity contribution in [3.8, 4) is 5.75 Å². The van der Waals surface area contributed by atoms with Crippen molar-refractivity contribution in [2.75, 3.05) is 23.9 Å². The molecule has 0 saturated carbocycles. The number of ether oxygens (including phenoxy) is 1. The molecule has 1 atom stereocenters. The molecule has 2 heterocycles. The molecule has 3 aromatic rings. The number of amides is 2. The SMILES string of the molecule is COc1ccccc1N1C[C@H](C(=O)Nc2ccc3nc(C)sc3c2)CC1=O. The molecule has 1 fully saturated rings. The third-order valence-electron chi connectivity index (χ3n) is 4.63. The monoisotopic (exact) mass is 381 g/mol. The Hall–Kier alpha value is -2.93. The minimum Gasteiger partial charge on any atom is -0.495 e. The number of aryl methyl sites for hydroxylation is 1. The van der Waals surface area contributed by atoms with E-state index in [9.17, 15) is 9.59 Å². The van der Waals surface area contributed by atoms with E-state index in [0.29, 0.717) is 18.0 Å². The van der Waals surface area contributed by atoms with Crippen LogP contribution in [0.4, 0.5) is 11.4 Å². The predicted octanol–water partition coefficient (Wildman–Crippen LogP) is 3.60. The Balaban J connectivity index is 1.50. The van der Waals surface area contributed by atoms with E-state index >= 15 is 0 Å². The third kappa shape index (κ3) is 3.38. The van der Waals surface area contributed by atoms with Gasteiger partial charge < -0.3 is 15.0 Å². The molecule has 1 aliphatic heterocycles. The number of fused-ring (bicyclic) bond motifs is 1. The second-order valence-electron chi connectivity index (χ2n) is 6.48. The summed E-state index contributed by atoms with van der Waals surface area (Å²) in [5.74, 6) is -0.00579. The van der Waals surface area contributed by atoms with Crippen LogP contribution in [0.5, 0.6) is 5.75 Å². The van der Waals surface area contributed by atoms with E-state index in [-0.39, 0.29) is 18.2 Å². The van der Waals surface area contributed by atoms with Gasteiger partial charge in [0, 0.05) is 18.7 Å². The molecule has 27 heavy (non-hydrogen) atoms. The number of nitrogens with one attached hydrogen (secondary N) is 1. The summed E-state index contributed by atoms with van der Waals surface area (Å²) in [6.07, 6.45) is 0.186. The van der Waals surface area contributed by atoms with Gasteiger partial charge in [0.2, 0.25) is 11.8 Å². The second-order valence-corrected chi connectivity index (χ2v) is 7.72. The number of nitrogens with zero attached hydrogens (tertiary/aromatic N) is 2. The molecule has 4 rings (SSSR count). The van der Waals surface area contributed by atoms with Gasteiger partial charge in [0.1, 0.15) is 5.75 Å². The van der Waals surface area contributed by atoms with Crippen LogP contribution in [0, 0.1) is 12.8 Å². The van der Waals surface area contributed by atoms with Crippen LogP contribution in [0.25, 0.3) is 10.2 Å². The molecule has 138 valence electrons. The van der Waals surface area contributed by atoms with Gasteiger partial charge in [-0.2, -0.15) is 0 Å². The van der Waals surface area contributed by atoms with Crippen LogP contribution in [0.15, 0.2) is 42.5 Å². The van der Waals surface area contributed by atoms with E-state index in [0.717, 1.165) is 20.9 Å². The van der Waals surface area contributed by atoms with E-state index in [1.54, 1.807) is 23.3 Å². The maximum Gasteiger partial charge on any atom is 0.229 e. The molecule has 2 aromatic carbocycles. The number of thiazole rings is 1. The molecule has 0 bridgehead atoms. The number of aromatic nitrogens is 1. The van der Waals surface area contributed by atoms with Crippen molar-refractivity contribution in [3.63, 3.8) is 0 Å². The van der Waals surface area contributed by atoms with Crippen molar-refractivity contribution >= 4 is 44.7 Å². The Labute approximate surface area is 160 Å². The molecule has 1 saturated heterocycles. The Bertz CT molecular complexity index is 1030. The quantitative estimate of drug-likeness (QED) is 0.749. The fourth-order valence-corrected chi connectivity index (χ4v) is 4.20. The number of carbonyl (C=O) groups excluding carboxylic acids is 2. The molecule has 1 aliphatic rings. The zero-order valence-electron chi connectivity index (χ0n) is 15.1. The first kappa shape index (κ1) is 17.5. The summed E-state index contributed by atoms with van der Waals surface area (Å²) in [6.45, 7) is 2.30. The zero-order chi connectivity index (χ0) is 19.0. The summed E-state index contributed by atoms with van der Waals surface area (Å²) in [7, 11) is 1.57. The lowest BCUT2D eigenvalue weighted by molar-refractivity contribution is -0.122. The molecule has 6 nitrogen and oxygen atoms in total. The molecule has 0 aliphatic carbocycles. The molecule has 0 spiro atoms. The molecule has 2 amide bonds. The Morgan fingerprint density at radius 3 is 2.93 bits per heavy atom. The molecule has 1 N–H and O–H groups in total. The van der Waals surface area contributed by atoms with Crippen LogP contribution in [0.3, 0.4) is 0 Å². The summed E-state index contributed by atoms with van der Waals surface area (Å²) in [4.78, 5) is 31.2. The standard InChI is InChI=1S/C20H19N3O3S/c1-12-21-15-8-7-14(10-18(15)27-12)22-20(25)13-9-19(24)23(11-13)16-5-3-4-6-17(16)26-2/h3-8,10,13H,9,11H2,1-2H3,(H,22,25)/t13-/m1/s1. The van der Waals surface area contributed by atoms with Gasteiger partial charge >= 0.3 is 0 Å². The highest BCUT2D eigenvalue weighted by Crippen LogP contribution is 2.33. The largest absolute Gasteiger partial charge is 0.495 e. The normalized spacial score (nSPS) is 16.7. The summed E-state index contributed by atoms with van der Waals surface area (Å²) in [6, 6.07) is 13.0. The van der Waals surface area contributed by atoms with E-state index in [1.807, 2.05) is 49.4 Å². The van der Waals surface area contributed by atoms with Gasteiger partial charge in [-0.05, 0) is 37.3 Å². The van der Waals surface area contributed by atoms with Crippen molar-refractivity contribution in [3.05, 3.63) is 47.5 Å². The predicted molar refractivity (Wildman–Crippen MR) is 106 cm³/mol. The maximum atomic E-state index is 12.7. The fraction of sp³-hybridized carbons (Fsp3) is 0.250. The van der Waals surface area contributed by atoms with Gasteiger partial charge in [0.05, 0.1) is 33.9 Å². The van der Waals surface area contributed by atoms with Crippen molar-refractivity contribution in [1.29, 1.82) is 0 Å². The third-order valence-corrected chi connectivity index (χ3v) is 5.57. The van der Waals surface area contributed by atoms with E-state index in [4.69, 9.17) is 4.74 Å². The number of hydrogen-bond acceptors (Lipinski definition) is 5. The molecular weight excluding hydrogens is 362 g/mol. The number of carbonyl (C=O) groups is 2. The topological polar surface area (TPSA) is 71.5 Å². The Morgan fingerprint density at radius 1 is 1.30 bits per heavy atom. The van der Waals surface area contributed by atoms with Crippen LogP contribution in [-0.2, 0) is 9.59 Å². The van der Waals surface area contributed by atoms with E-state index < -0.39 is 5.92 Å². The van der Waals surface area contributed by atoms with Gasteiger partial charge in [-0.15, -0.1) is 11.3 Å². The average molecular weight is 381 g/mol. The average Bonchev–Trinajstić information content (AvgIpc) is 3.23. The number of benzene rings is 2. The van der Waals surface area contributed by atoms with Gasteiger partial charge in [0.25, 0.3) is 0 Å². The minimum absolute atomic E-state index is 0.0758. The first-order valence-corrected chi connectivity index (χ1v) is 9.48. The van der Waals surface area contributed by atoms with Crippen LogP contribution in [0.1, 0.15) is 11.4 Å². The summed E-state index contributed by atoms with van der Waals surface area (Å²) >= 11 is 1.59. The van der Waals surface area contributed by atoms with Crippen LogP contribution >= 0.6 is 11.3 Å². The fourth-order valence-electron chi connectivity index (χ4n) is 3.33. The lowest BCUT2D eigenvalue weighted by Crippen LogP contribution is -2.28. The van der Waals surface area contributed by atoms with Gasteiger partial charge in [-0.25, -0.2) is 4.98 Å². The summed E-state index contributed by atoms with van der Waals surface area (Å²) in [5, 5.41) is 3.92. The van der Waals surface area contributed by atoms with E-state index in [2.05, 4.69) is 10.3 Å². The zero-order valence-corrected chi connectivity index (χ0v) is 15.9. The smallest absolute Gasteiger partial charge is 0.229 e. The highest BCUT2D eigenvalue weighted by atomic mass is 32.1. The van der Waals surface area contributed by atoms with Crippen LogP contribution in [-0.4, -0.2) is 30.5 Å². The number of rotatable bonds is 4. The highest BCUT2D eigenvalue weighted by molar-refractivity contribution is 7.18. The molecule has 0 unspecified atom stereocenters. The first-order chi connectivity index (χ1) is 13.0. The summed E-state index contributed by atoms with van der Waals surface area (Å²) < 4.78 is 6.37. The number of para-hydroxylation sites is 2. The van der Waals surface area contributed by atoms with Crippen LogP contribution < -0.4 is 15.0 Å². The van der Waals surface area contributed by atoms with Gasteiger partial charge in [0.15, 0.2) is 0 Å². The van der Waals surface area contributed by atoms with Crippen LogP contribution in [0.2, 0.25) is 0 Å². The number of anilines is 2. The number of methoxy groups -OCH3 is 1. The Kier molecular flexibility index (Phi) is 4.53. The van der Waals surface area contributed by atoms with Gasteiger partial charge in [-0.3, -0.25) is 9.59 Å². The first-order valence-electron chi connectivity index (χ1n) is 8.66. The lowest BCUT2D eigenvalue weighted by atomic mass is 10.1. The Morgan fingerprint density at radius 2 is 2.11 bits per heavy atom. The van der Waals surface area contributed by atoms with Crippen molar-refractivity contribution in [2.45, 2.75) is 13.3 Å². The molecule has 0 radical (unpaired) electrons. The maximum absolute atomic E-state index is 12.7. The second kappa shape index (κ2) is 7.00. The van der Waals surface area contributed by atoms with Crippen molar-refractivity contribution < 1.29 is 14.3 Å². The number of hydrogen-bond donors (Lipinski definition) is 1. The summed E-state index contributed by atoms with van der Waals surface area (Å²) in [5.41, 5.74) is 2.34. The molecule has 7 heteroatoms. The molecular formula is C20H19N3O3S. The van der Waals surface area contributed by atoms with Crippen molar-refractivity contribution in [1.82, 2.24) is 4.98 Å².